The SMILES string of the molecule is O=C1C[C@@H](c2cccnc2)c2c(O)cc(O)cc2O1. The Morgan fingerprint density at radius 2 is 2.16 bits per heavy atom. The Balaban J connectivity index is 2.17. The van der Waals surface area contributed by atoms with Gasteiger partial charge in [0.05, 0.1) is 6.42 Å². The van der Waals surface area contributed by atoms with E-state index in [4.69, 9.17) is 4.74 Å². The lowest BCUT2D eigenvalue weighted by Crippen LogP contribution is -2.21. The number of esters is 1. The maximum absolute atomic E-state index is 11.6. The monoisotopic (exact) mass is 257 g/mol. The average molecular weight is 257 g/mol. The smallest absolute Gasteiger partial charge is 0.312 e. The number of phenolic OH excluding ortho intramolecular Hbond substituents is 2. The largest absolute Gasteiger partial charge is 0.508 e. The molecule has 1 aromatic heterocycles. The van der Waals surface area contributed by atoms with Gasteiger partial charge in [-0.15, -0.1) is 0 Å². The highest BCUT2D eigenvalue weighted by Crippen LogP contribution is 2.45. The fourth-order valence-corrected chi connectivity index (χ4v) is 2.33. The van der Waals surface area contributed by atoms with Gasteiger partial charge in [-0.3, -0.25) is 9.78 Å². The van der Waals surface area contributed by atoms with Crippen molar-refractivity contribution in [1.82, 2.24) is 4.98 Å². The van der Waals surface area contributed by atoms with Gasteiger partial charge in [-0.1, -0.05) is 6.07 Å². The fraction of sp³-hybridized carbons (Fsp3) is 0.143. The Morgan fingerprint density at radius 1 is 1.32 bits per heavy atom. The third-order valence-corrected chi connectivity index (χ3v) is 3.13. The van der Waals surface area contributed by atoms with Crippen molar-refractivity contribution in [2.45, 2.75) is 12.3 Å². The van der Waals surface area contributed by atoms with Crippen molar-refractivity contribution in [2.24, 2.45) is 0 Å². The third kappa shape index (κ3) is 1.99. The lowest BCUT2D eigenvalue weighted by Gasteiger charge is -2.25. The lowest BCUT2D eigenvalue weighted by atomic mass is 9.86. The zero-order chi connectivity index (χ0) is 13.4. The molecular formula is C14H11NO4. The number of hydrogen-bond acceptors (Lipinski definition) is 5. The van der Waals surface area contributed by atoms with Crippen LogP contribution in [0.5, 0.6) is 17.2 Å². The molecule has 1 atom stereocenters. The van der Waals surface area contributed by atoms with Crippen LogP contribution in [0.15, 0.2) is 36.7 Å². The molecule has 5 heteroatoms. The van der Waals surface area contributed by atoms with Crippen LogP contribution in [0, 0.1) is 0 Å². The van der Waals surface area contributed by atoms with Gasteiger partial charge in [-0.25, -0.2) is 0 Å². The molecule has 1 aliphatic rings. The summed E-state index contributed by atoms with van der Waals surface area (Å²) in [5.74, 6) is -0.744. The number of aromatic nitrogens is 1. The van der Waals surface area contributed by atoms with Gasteiger partial charge in [0.1, 0.15) is 17.2 Å². The van der Waals surface area contributed by atoms with Crippen molar-refractivity contribution in [3.63, 3.8) is 0 Å². The molecule has 2 heterocycles. The number of carbonyl (C=O) groups is 1. The van der Waals surface area contributed by atoms with Crippen molar-refractivity contribution < 1.29 is 19.7 Å². The number of hydrogen-bond donors (Lipinski definition) is 2. The molecule has 96 valence electrons. The first-order chi connectivity index (χ1) is 9.15. The molecule has 0 aliphatic carbocycles. The summed E-state index contributed by atoms with van der Waals surface area (Å²) < 4.78 is 5.07. The molecule has 0 saturated heterocycles. The van der Waals surface area contributed by atoms with Crippen molar-refractivity contribution in [3.8, 4) is 17.2 Å². The second-order valence-corrected chi connectivity index (χ2v) is 4.39. The van der Waals surface area contributed by atoms with Crippen LogP contribution in [0.25, 0.3) is 0 Å². The highest BCUT2D eigenvalue weighted by Gasteiger charge is 2.31. The number of ether oxygens (including phenoxy) is 1. The highest BCUT2D eigenvalue weighted by atomic mass is 16.5. The Morgan fingerprint density at radius 3 is 2.89 bits per heavy atom. The molecule has 0 saturated carbocycles. The zero-order valence-corrected chi connectivity index (χ0v) is 9.91. The first-order valence-corrected chi connectivity index (χ1v) is 5.81. The number of rotatable bonds is 1. The molecule has 3 rings (SSSR count). The molecule has 2 aromatic rings. The molecule has 0 amide bonds. The van der Waals surface area contributed by atoms with E-state index in [0.717, 1.165) is 5.56 Å². The summed E-state index contributed by atoms with van der Waals surface area (Å²) in [7, 11) is 0. The first-order valence-electron chi connectivity index (χ1n) is 5.81. The molecule has 0 spiro atoms. The van der Waals surface area contributed by atoms with Crippen LogP contribution < -0.4 is 4.74 Å². The maximum Gasteiger partial charge on any atom is 0.312 e. The Labute approximate surface area is 109 Å². The number of pyridine rings is 1. The molecule has 0 fully saturated rings. The molecule has 19 heavy (non-hydrogen) atoms. The number of aromatic hydroxyl groups is 2. The van der Waals surface area contributed by atoms with E-state index in [1.807, 2.05) is 6.07 Å². The van der Waals surface area contributed by atoms with E-state index in [9.17, 15) is 15.0 Å². The van der Waals surface area contributed by atoms with E-state index in [0.29, 0.717) is 5.56 Å². The molecule has 0 bridgehead atoms. The molecule has 5 nitrogen and oxygen atoms in total. The quantitative estimate of drug-likeness (QED) is 0.602. The summed E-state index contributed by atoms with van der Waals surface area (Å²) in [5.41, 5.74) is 1.33. The predicted molar refractivity (Wildman–Crippen MR) is 66.1 cm³/mol. The summed E-state index contributed by atoms with van der Waals surface area (Å²) in [6.07, 6.45) is 3.43. The second-order valence-electron chi connectivity index (χ2n) is 4.39. The normalized spacial score (nSPS) is 17.7. The van der Waals surface area contributed by atoms with E-state index < -0.39 is 5.97 Å². The second kappa shape index (κ2) is 4.28. The molecular weight excluding hydrogens is 246 g/mol. The third-order valence-electron chi connectivity index (χ3n) is 3.13. The van der Waals surface area contributed by atoms with Gasteiger partial charge in [0.2, 0.25) is 0 Å². The van der Waals surface area contributed by atoms with Gasteiger partial charge < -0.3 is 14.9 Å². The van der Waals surface area contributed by atoms with Gasteiger partial charge >= 0.3 is 5.97 Å². The summed E-state index contributed by atoms with van der Waals surface area (Å²) in [4.78, 5) is 15.6. The van der Waals surface area contributed by atoms with Crippen LogP contribution in [0.2, 0.25) is 0 Å². The minimum Gasteiger partial charge on any atom is -0.508 e. The van der Waals surface area contributed by atoms with Crippen LogP contribution in [-0.2, 0) is 4.79 Å². The summed E-state index contributed by atoms with van der Waals surface area (Å²) in [6.45, 7) is 0. The fourth-order valence-electron chi connectivity index (χ4n) is 2.33. The average Bonchev–Trinajstić information content (AvgIpc) is 2.38. The van der Waals surface area contributed by atoms with Crippen LogP contribution in [0.3, 0.4) is 0 Å². The van der Waals surface area contributed by atoms with Crippen molar-refractivity contribution in [1.29, 1.82) is 0 Å². The zero-order valence-electron chi connectivity index (χ0n) is 9.91. The van der Waals surface area contributed by atoms with E-state index in [1.165, 1.54) is 12.1 Å². The predicted octanol–water partition coefficient (Wildman–Crippen LogP) is 1.93. The van der Waals surface area contributed by atoms with Crippen LogP contribution >= 0.6 is 0 Å². The van der Waals surface area contributed by atoms with E-state index in [1.54, 1.807) is 18.5 Å². The molecule has 1 aromatic carbocycles. The highest BCUT2D eigenvalue weighted by molar-refractivity contribution is 5.79. The van der Waals surface area contributed by atoms with E-state index in [-0.39, 0.29) is 29.6 Å². The standard InChI is InChI=1S/C14H11NO4/c16-9-4-11(17)14-10(8-2-1-3-15-7-8)6-13(18)19-12(14)5-9/h1-5,7,10,16-17H,6H2/t10-/m0/s1. The van der Waals surface area contributed by atoms with Crippen molar-refractivity contribution >= 4 is 5.97 Å². The number of carbonyl (C=O) groups excluding carboxylic acids is 1. The molecule has 0 unspecified atom stereocenters. The lowest BCUT2D eigenvalue weighted by molar-refractivity contribution is -0.135. The molecule has 1 aliphatic heterocycles. The number of nitrogens with zero attached hydrogens (tertiary/aromatic N) is 1. The number of fused-ring (bicyclic) bond motifs is 1. The van der Waals surface area contributed by atoms with Crippen LogP contribution in [0.4, 0.5) is 0 Å². The van der Waals surface area contributed by atoms with E-state index in [2.05, 4.69) is 4.98 Å². The molecule has 0 radical (unpaired) electrons. The molecule has 2 N–H and O–H groups in total. The summed E-state index contributed by atoms with van der Waals surface area (Å²) in [6, 6.07) is 6.18. The first kappa shape index (κ1) is 11.5. The Bertz CT molecular complexity index is 639. The minimum atomic E-state index is -0.397. The van der Waals surface area contributed by atoms with Gasteiger partial charge in [0.25, 0.3) is 0 Å². The Hall–Kier alpha value is -2.56. The van der Waals surface area contributed by atoms with Crippen molar-refractivity contribution in [2.75, 3.05) is 0 Å². The number of benzene rings is 1. The van der Waals surface area contributed by atoms with Crippen molar-refractivity contribution in [3.05, 3.63) is 47.8 Å². The number of phenols is 2. The Kier molecular flexibility index (Phi) is 2.59. The maximum atomic E-state index is 11.6. The van der Waals surface area contributed by atoms with Gasteiger partial charge in [-0.2, -0.15) is 0 Å². The summed E-state index contributed by atoms with van der Waals surface area (Å²) in [5, 5.41) is 19.4. The summed E-state index contributed by atoms with van der Waals surface area (Å²) >= 11 is 0. The van der Waals surface area contributed by atoms with Crippen LogP contribution in [-0.4, -0.2) is 21.2 Å². The topological polar surface area (TPSA) is 79.7 Å². The van der Waals surface area contributed by atoms with Gasteiger partial charge in [-0.05, 0) is 11.6 Å². The minimum absolute atomic E-state index is 0.0867. The van der Waals surface area contributed by atoms with E-state index >= 15 is 0 Å². The van der Waals surface area contributed by atoms with Crippen LogP contribution in [0.1, 0.15) is 23.5 Å². The van der Waals surface area contributed by atoms with Gasteiger partial charge in [0, 0.05) is 36.0 Å². The van der Waals surface area contributed by atoms with Gasteiger partial charge in [0.15, 0.2) is 0 Å².